The van der Waals surface area contributed by atoms with E-state index in [2.05, 4.69) is 4.98 Å². The molecule has 0 radical (unpaired) electrons. The molecule has 3 rings (SSSR count). The summed E-state index contributed by atoms with van der Waals surface area (Å²) in [5, 5.41) is 8.69. The Bertz CT molecular complexity index is 762. The van der Waals surface area contributed by atoms with Crippen molar-refractivity contribution in [3.05, 3.63) is 53.8 Å². The van der Waals surface area contributed by atoms with E-state index in [-0.39, 0.29) is 17.9 Å². The van der Waals surface area contributed by atoms with Crippen LogP contribution in [-0.2, 0) is 11.2 Å². The normalized spacial score (nSPS) is 10.8. The van der Waals surface area contributed by atoms with Gasteiger partial charge in [0.05, 0.1) is 12.0 Å². The minimum atomic E-state index is -1.00. The number of oxazole rings is 1. The van der Waals surface area contributed by atoms with Crippen molar-refractivity contribution in [3.8, 4) is 11.5 Å². The van der Waals surface area contributed by atoms with Crippen molar-refractivity contribution in [3.63, 3.8) is 0 Å². The number of benzene rings is 2. The van der Waals surface area contributed by atoms with Crippen LogP contribution in [0.25, 0.3) is 22.6 Å². The Morgan fingerprint density at radius 3 is 2.75 bits per heavy atom. The molecule has 1 heterocycles. The van der Waals surface area contributed by atoms with Crippen molar-refractivity contribution in [2.75, 3.05) is 0 Å². The first kappa shape index (κ1) is 12.3. The Morgan fingerprint density at radius 2 is 2.05 bits per heavy atom. The summed E-state index contributed by atoms with van der Waals surface area (Å²) in [6, 6.07) is 11.4. The van der Waals surface area contributed by atoms with Crippen LogP contribution < -0.4 is 0 Å². The maximum Gasteiger partial charge on any atom is 0.307 e. The molecule has 1 N–H and O–H groups in total. The van der Waals surface area contributed by atoms with Gasteiger partial charge in [0.1, 0.15) is 11.3 Å². The summed E-state index contributed by atoms with van der Waals surface area (Å²) < 4.78 is 19.5. The van der Waals surface area contributed by atoms with Gasteiger partial charge in [-0.2, -0.15) is 0 Å². The topological polar surface area (TPSA) is 63.3 Å². The number of fused-ring (bicyclic) bond motifs is 1. The molecule has 0 fully saturated rings. The Labute approximate surface area is 113 Å². The zero-order valence-corrected chi connectivity index (χ0v) is 10.3. The van der Waals surface area contributed by atoms with Gasteiger partial charge in [-0.05, 0) is 29.8 Å². The van der Waals surface area contributed by atoms with E-state index in [1.54, 1.807) is 18.2 Å². The molecule has 0 aliphatic rings. The van der Waals surface area contributed by atoms with Crippen LogP contribution in [0.3, 0.4) is 0 Å². The van der Waals surface area contributed by atoms with E-state index in [9.17, 15) is 9.18 Å². The summed E-state index contributed by atoms with van der Waals surface area (Å²) in [7, 11) is 0. The smallest absolute Gasteiger partial charge is 0.307 e. The number of carboxylic acid groups (broad SMARTS) is 1. The number of para-hydroxylation sites is 2. The lowest BCUT2D eigenvalue weighted by atomic mass is 10.1. The molecule has 20 heavy (non-hydrogen) atoms. The Kier molecular flexibility index (Phi) is 2.95. The van der Waals surface area contributed by atoms with Crippen LogP contribution in [-0.4, -0.2) is 16.1 Å². The second-order valence-corrected chi connectivity index (χ2v) is 4.37. The summed E-state index contributed by atoms with van der Waals surface area (Å²) in [6.07, 6.45) is -0.218. The van der Waals surface area contributed by atoms with Crippen molar-refractivity contribution >= 4 is 17.1 Å². The third kappa shape index (κ3) is 2.25. The minimum absolute atomic E-state index is 0.186. The standard InChI is InChI=1S/C15H10FNO3/c16-11-7-9(8-14(18)19)5-6-10(11)15-17-12-3-1-2-4-13(12)20-15/h1-7H,8H2,(H,18,19). The highest BCUT2D eigenvalue weighted by molar-refractivity contribution is 5.76. The molecule has 0 saturated carbocycles. The second kappa shape index (κ2) is 4.77. The molecular formula is C15H10FNO3. The highest BCUT2D eigenvalue weighted by Crippen LogP contribution is 2.26. The van der Waals surface area contributed by atoms with Crippen molar-refractivity contribution in [2.24, 2.45) is 0 Å². The average Bonchev–Trinajstić information content (AvgIpc) is 2.81. The number of nitrogens with zero attached hydrogens (tertiary/aromatic N) is 1. The molecule has 2 aromatic carbocycles. The van der Waals surface area contributed by atoms with Gasteiger partial charge in [0.25, 0.3) is 0 Å². The molecule has 0 bridgehead atoms. The summed E-state index contributed by atoms with van der Waals surface area (Å²) in [4.78, 5) is 14.8. The first-order valence-corrected chi connectivity index (χ1v) is 5.99. The maximum absolute atomic E-state index is 14.0. The van der Waals surface area contributed by atoms with Crippen LogP contribution in [0.15, 0.2) is 46.9 Å². The molecule has 100 valence electrons. The number of carboxylic acids is 1. The quantitative estimate of drug-likeness (QED) is 0.794. The van der Waals surface area contributed by atoms with E-state index in [4.69, 9.17) is 9.52 Å². The van der Waals surface area contributed by atoms with Gasteiger partial charge in [-0.25, -0.2) is 9.37 Å². The van der Waals surface area contributed by atoms with Crippen molar-refractivity contribution < 1.29 is 18.7 Å². The van der Waals surface area contributed by atoms with Gasteiger partial charge in [0, 0.05) is 0 Å². The fourth-order valence-corrected chi connectivity index (χ4v) is 2.00. The van der Waals surface area contributed by atoms with Crippen molar-refractivity contribution in [2.45, 2.75) is 6.42 Å². The summed E-state index contributed by atoms with van der Waals surface area (Å²) >= 11 is 0. The molecule has 0 saturated heterocycles. The Morgan fingerprint density at radius 1 is 1.25 bits per heavy atom. The van der Waals surface area contributed by atoms with Gasteiger partial charge in [-0.15, -0.1) is 0 Å². The van der Waals surface area contributed by atoms with Crippen LogP contribution in [0, 0.1) is 5.82 Å². The minimum Gasteiger partial charge on any atom is -0.481 e. The number of aromatic nitrogens is 1. The van der Waals surface area contributed by atoms with Crippen LogP contribution in [0.1, 0.15) is 5.56 Å². The summed E-state index contributed by atoms with van der Waals surface area (Å²) in [5.74, 6) is -1.36. The summed E-state index contributed by atoms with van der Waals surface area (Å²) in [5.41, 5.74) is 1.85. The van der Waals surface area contributed by atoms with Crippen molar-refractivity contribution in [1.29, 1.82) is 0 Å². The zero-order valence-electron chi connectivity index (χ0n) is 10.3. The number of halogens is 1. The number of hydrogen-bond donors (Lipinski definition) is 1. The number of carbonyl (C=O) groups is 1. The highest BCUT2D eigenvalue weighted by atomic mass is 19.1. The first-order chi connectivity index (χ1) is 9.63. The van der Waals surface area contributed by atoms with E-state index >= 15 is 0 Å². The third-order valence-electron chi connectivity index (χ3n) is 2.91. The molecule has 5 heteroatoms. The van der Waals surface area contributed by atoms with Gasteiger partial charge in [0.15, 0.2) is 5.58 Å². The van der Waals surface area contributed by atoms with Crippen LogP contribution in [0.2, 0.25) is 0 Å². The SMILES string of the molecule is O=C(O)Cc1ccc(-c2nc3ccccc3o2)c(F)c1. The second-order valence-electron chi connectivity index (χ2n) is 4.37. The predicted octanol–water partition coefficient (Wildman–Crippen LogP) is 3.26. The lowest BCUT2D eigenvalue weighted by Crippen LogP contribution is -2.00. The molecule has 0 aliphatic heterocycles. The fourth-order valence-electron chi connectivity index (χ4n) is 2.00. The van der Waals surface area contributed by atoms with Gasteiger partial charge in [-0.3, -0.25) is 4.79 Å². The van der Waals surface area contributed by atoms with Gasteiger partial charge in [0.2, 0.25) is 5.89 Å². The zero-order chi connectivity index (χ0) is 14.1. The van der Waals surface area contributed by atoms with Crippen LogP contribution in [0.5, 0.6) is 0 Å². The predicted molar refractivity (Wildman–Crippen MR) is 70.7 cm³/mol. The molecule has 4 nitrogen and oxygen atoms in total. The Balaban J connectivity index is 2.03. The van der Waals surface area contributed by atoms with Gasteiger partial charge >= 0.3 is 5.97 Å². The van der Waals surface area contributed by atoms with E-state index in [0.29, 0.717) is 16.7 Å². The first-order valence-electron chi connectivity index (χ1n) is 5.99. The number of aliphatic carboxylic acids is 1. The fraction of sp³-hybridized carbons (Fsp3) is 0.0667. The number of rotatable bonds is 3. The molecule has 1 aromatic heterocycles. The number of hydrogen-bond acceptors (Lipinski definition) is 3. The van der Waals surface area contributed by atoms with Crippen molar-refractivity contribution in [1.82, 2.24) is 4.98 Å². The van der Waals surface area contributed by atoms with E-state index in [0.717, 1.165) is 0 Å². The third-order valence-corrected chi connectivity index (χ3v) is 2.91. The van der Waals surface area contributed by atoms with Crippen LogP contribution >= 0.6 is 0 Å². The molecule has 0 aliphatic carbocycles. The van der Waals surface area contributed by atoms with E-state index < -0.39 is 11.8 Å². The monoisotopic (exact) mass is 271 g/mol. The summed E-state index contributed by atoms with van der Waals surface area (Å²) in [6.45, 7) is 0. The van der Waals surface area contributed by atoms with Crippen LogP contribution in [0.4, 0.5) is 4.39 Å². The molecule has 3 aromatic rings. The largest absolute Gasteiger partial charge is 0.481 e. The van der Waals surface area contributed by atoms with Gasteiger partial charge in [-0.1, -0.05) is 18.2 Å². The van der Waals surface area contributed by atoms with Gasteiger partial charge < -0.3 is 9.52 Å². The van der Waals surface area contributed by atoms with E-state index in [1.807, 2.05) is 12.1 Å². The average molecular weight is 271 g/mol. The molecule has 0 unspecified atom stereocenters. The van der Waals surface area contributed by atoms with E-state index in [1.165, 1.54) is 12.1 Å². The molecule has 0 atom stereocenters. The molecular weight excluding hydrogens is 261 g/mol. The molecule has 0 spiro atoms. The lowest BCUT2D eigenvalue weighted by molar-refractivity contribution is -0.136. The molecule has 0 amide bonds. The highest BCUT2D eigenvalue weighted by Gasteiger charge is 2.13. The maximum atomic E-state index is 14.0. The Hall–Kier alpha value is -2.69. The lowest BCUT2D eigenvalue weighted by Gasteiger charge is -2.01.